The molecule has 0 radical (unpaired) electrons. The lowest BCUT2D eigenvalue weighted by Crippen LogP contribution is -2.51. The van der Waals surface area contributed by atoms with Crippen LogP contribution in [0.25, 0.3) is 0 Å². The molecule has 0 aliphatic carbocycles. The van der Waals surface area contributed by atoms with E-state index in [1.807, 2.05) is 6.08 Å². The standard InChI is InChI=1S/C8H16NO/c1-3-4-9(2)5-7-10-8-6-9/h3H,1,4-8H2,2H3/q+1. The highest BCUT2D eigenvalue weighted by Crippen LogP contribution is 2.06. The van der Waals surface area contributed by atoms with Crippen molar-refractivity contribution in [3.05, 3.63) is 12.7 Å². The SMILES string of the molecule is C=CC[N+]1(C)CCOCC1. The van der Waals surface area contributed by atoms with Crippen LogP contribution >= 0.6 is 0 Å². The fourth-order valence-electron chi connectivity index (χ4n) is 1.28. The molecule has 2 heteroatoms. The van der Waals surface area contributed by atoms with Gasteiger partial charge in [0.25, 0.3) is 0 Å². The Morgan fingerprint density at radius 2 is 2.10 bits per heavy atom. The van der Waals surface area contributed by atoms with Crippen molar-refractivity contribution < 1.29 is 9.22 Å². The van der Waals surface area contributed by atoms with Gasteiger partial charge in [-0.15, -0.1) is 0 Å². The average molecular weight is 142 g/mol. The number of ether oxygens (including phenoxy) is 1. The third kappa shape index (κ3) is 1.82. The molecule has 0 amide bonds. The van der Waals surface area contributed by atoms with E-state index in [4.69, 9.17) is 4.74 Å². The maximum absolute atomic E-state index is 5.26. The summed E-state index contributed by atoms with van der Waals surface area (Å²) in [5.41, 5.74) is 0. The van der Waals surface area contributed by atoms with Crippen LogP contribution in [0, 0.1) is 0 Å². The zero-order valence-corrected chi connectivity index (χ0v) is 6.68. The number of hydrogen-bond acceptors (Lipinski definition) is 1. The molecule has 0 unspecified atom stereocenters. The highest BCUT2D eigenvalue weighted by molar-refractivity contribution is 4.66. The smallest absolute Gasteiger partial charge is 0.102 e. The summed E-state index contributed by atoms with van der Waals surface area (Å²) in [6, 6.07) is 0. The zero-order valence-electron chi connectivity index (χ0n) is 6.68. The Hall–Kier alpha value is -0.340. The summed E-state index contributed by atoms with van der Waals surface area (Å²) < 4.78 is 6.36. The summed E-state index contributed by atoms with van der Waals surface area (Å²) in [6.07, 6.45) is 1.99. The number of rotatable bonds is 2. The van der Waals surface area contributed by atoms with Crippen molar-refractivity contribution in [2.24, 2.45) is 0 Å². The summed E-state index contributed by atoms with van der Waals surface area (Å²) in [5, 5.41) is 0. The molecule has 58 valence electrons. The van der Waals surface area contributed by atoms with Crippen molar-refractivity contribution in [1.82, 2.24) is 0 Å². The van der Waals surface area contributed by atoms with Crippen LogP contribution in [0.1, 0.15) is 0 Å². The van der Waals surface area contributed by atoms with Crippen LogP contribution in [0.3, 0.4) is 0 Å². The van der Waals surface area contributed by atoms with Crippen molar-refractivity contribution >= 4 is 0 Å². The normalized spacial score (nSPS) is 24.1. The van der Waals surface area contributed by atoms with Crippen LogP contribution < -0.4 is 0 Å². The third-order valence-corrected chi connectivity index (χ3v) is 2.12. The van der Waals surface area contributed by atoms with Crippen molar-refractivity contribution in [3.8, 4) is 0 Å². The van der Waals surface area contributed by atoms with Gasteiger partial charge in [-0.1, -0.05) is 6.58 Å². The minimum absolute atomic E-state index is 0.907. The Labute approximate surface area is 62.7 Å². The Morgan fingerprint density at radius 1 is 1.50 bits per heavy atom. The number of hydrogen-bond donors (Lipinski definition) is 0. The Bertz CT molecular complexity index is 116. The lowest BCUT2D eigenvalue weighted by Gasteiger charge is -2.36. The predicted molar refractivity (Wildman–Crippen MR) is 41.8 cm³/mol. The molecular formula is C8H16NO+. The Morgan fingerprint density at radius 3 is 2.60 bits per heavy atom. The monoisotopic (exact) mass is 142 g/mol. The largest absolute Gasteiger partial charge is 0.370 e. The van der Waals surface area contributed by atoms with Crippen molar-refractivity contribution in [1.29, 1.82) is 0 Å². The first-order valence-corrected chi connectivity index (χ1v) is 3.79. The van der Waals surface area contributed by atoms with Crippen molar-refractivity contribution in [2.45, 2.75) is 0 Å². The molecule has 0 N–H and O–H groups in total. The summed E-state index contributed by atoms with van der Waals surface area (Å²) in [7, 11) is 2.25. The number of quaternary nitrogens is 1. The van der Waals surface area contributed by atoms with E-state index in [0.29, 0.717) is 0 Å². The molecule has 0 saturated carbocycles. The van der Waals surface area contributed by atoms with Gasteiger partial charge in [-0.3, -0.25) is 0 Å². The highest BCUT2D eigenvalue weighted by Gasteiger charge is 2.22. The maximum atomic E-state index is 5.26. The average Bonchev–Trinajstić information content (AvgIpc) is 1.89. The van der Waals surface area contributed by atoms with Gasteiger partial charge >= 0.3 is 0 Å². The molecule has 10 heavy (non-hydrogen) atoms. The summed E-state index contributed by atoms with van der Waals surface area (Å²) in [5.74, 6) is 0. The molecule has 1 heterocycles. The second kappa shape index (κ2) is 3.17. The Kier molecular flexibility index (Phi) is 2.46. The van der Waals surface area contributed by atoms with E-state index in [-0.39, 0.29) is 0 Å². The molecule has 2 nitrogen and oxygen atoms in total. The topological polar surface area (TPSA) is 9.23 Å². The molecule has 1 saturated heterocycles. The molecule has 1 aliphatic rings. The van der Waals surface area contributed by atoms with Gasteiger partial charge in [-0.25, -0.2) is 0 Å². The first kappa shape index (κ1) is 7.76. The van der Waals surface area contributed by atoms with Crippen LogP contribution in [0.2, 0.25) is 0 Å². The van der Waals surface area contributed by atoms with Crippen LogP contribution in [0.15, 0.2) is 12.7 Å². The molecule has 0 bridgehead atoms. The first-order valence-electron chi connectivity index (χ1n) is 3.79. The fraction of sp³-hybridized carbons (Fsp3) is 0.750. The van der Waals surface area contributed by atoms with Gasteiger partial charge in [-0.2, -0.15) is 0 Å². The fourth-order valence-corrected chi connectivity index (χ4v) is 1.28. The van der Waals surface area contributed by atoms with Gasteiger partial charge < -0.3 is 9.22 Å². The molecule has 0 aromatic heterocycles. The minimum Gasteiger partial charge on any atom is -0.370 e. The van der Waals surface area contributed by atoms with E-state index in [2.05, 4.69) is 13.6 Å². The quantitative estimate of drug-likeness (QED) is 0.406. The van der Waals surface area contributed by atoms with E-state index in [1.54, 1.807) is 0 Å². The summed E-state index contributed by atoms with van der Waals surface area (Å²) >= 11 is 0. The molecule has 0 aromatic carbocycles. The van der Waals surface area contributed by atoms with Crippen LogP contribution in [0.4, 0.5) is 0 Å². The molecule has 1 rings (SSSR count). The van der Waals surface area contributed by atoms with Gasteiger partial charge in [0.15, 0.2) is 0 Å². The predicted octanol–water partition coefficient (Wildman–Crippen LogP) is 0.649. The van der Waals surface area contributed by atoms with E-state index in [1.165, 1.54) is 0 Å². The molecule has 0 atom stereocenters. The van der Waals surface area contributed by atoms with E-state index in [9.17, 15) is 0 Å². The number of nitrogens with zero attached hydrogens (tertiary/aromatic N) is 1. The maximum Gasteiger partial charge on any atom is 0.102 e. The van der Waals surface area contributed by atoms with E-state index in [0.717, 1.165) is 37.3 Å². The minimum atomic E-state index is 0.907. The second-order valence-electron chi connectivity index (χ2n) is 3.15. The molecular weight excluding hydrogens is 126 g/mol. The summed E-state index contributed by atoms with van der Waals surface area (Å²) in [4.78, 5) is 0. The van der Waals surface area contributed by atoms with Crippen molar-refractivity contribution in [2.75, 3.05) is 39.9 Å². The zero-order chi connectivity index (χ0) is 7.45. The van der Waals surface area contributed by atoms with Gasteiger partial charge in [0.2, 0.25) is 0 Å². The lowest BCUT2D eigenvalue weighted by atomic mass is 10.3. The molecule has 0 spiro atoms. The van der Waals surface area contributed by atoms with Gasteiger partial charge in [0.05, 0.1) is 26.8 Å². The number of likely N-dealkylation sites (N-methyl/N-ethyl adjacent to an activating group) is 1. The third-order valence-electron chi connectivity index (χ3n) is 2.12. The first-order chi connectivity index (χ1) is 4.77. The van der Waals surface area contributed by atoms with Crippen LogP contribution in [-0.2, 0) is 4.74 Å². The van der Waals surface area contributed by atoms with Crippen LogP contribution in [-0.4, -0.2) is 44.4 Å². The van der Waals surface area contributed by atoms with E-state index >= 15 is 0 Å². The summed E-state index contributed by atoms with van der Waals surface area (Å²) in [6.45, 7) is 8.89. The molecule has 1 fully saturated rings. The van der Waals surface area contributed by atoms with Crippen molar-refractivity contribution in [3.63, 3.8) is 0 Å². The Balaban J connectivity index is 2.39. The highest BCUT2D eigenvalue weighted by atomic mass is 16.5. The van der Waals surface area contributed by atoms with Gasteiger partial charge in [0, 0.05) is 0 Å². The second-order valence-corrected chi connectivity index (χ2v) is 3.15. The van der Waals surface area contributed by atoms with Gasteiger partial charge in [-0.05, 0) is 6.08 Å². The van der Waals surface area contributed by atoms with Gasteiger partial charge in [0.1, 0.15) is 13.1 Å². The molecule has 0 aromatic rings. The lowest BCUT2D eigenvalue weighted by molar-refractivity contribution is -0.911. The number of morpholine rings is 1. The molecule has 1 aliphatic heterocycles. The van der Waals surface area contributed by atoms with E-state index < -0.39 is 0 Å². The van der Waals surface area contributed by atoms with Crippen LogP contribution in [0.5, 0.6) is 0 Å².